The highest BCUT2D eigenvalue weighted by Gasteiger charge is 2.14. The van der Waals surface area contributed by atoms with Gasteiger partial charge < -0.3 is 4.74 Å². The summed E-state index contributed by atoms with van der Waals surface area (Å²) in [5.74, 6) is -0.0553. The van der Waals surface area contributed by atoms with Gasteiger partial charge in [0.05, 0.1) is 17.7 Å². The van der Waals surface area contributed by atoms with E-state index in [0.717, 1.165) is 0 Å². The summed E-state index contributed by atoms with van der Waals surface area (Å²) in [7, 11) is 1.33. The molecule has 0 saturated carbocycles. The van der Waals surface area contributed by atoms with Crippen molar-refractivity contribution >= 4 is 23.6 Å². The number of hydrogen-bond donors (Lipinski definition) is 0. The van der Waals surface area contributed by atoms with E-state index in [0.29, 0.717) is 22.1 Å². The molecule has 0 spiro atoms. The number of ether oxygens (including phenoxy) is 1. The molecule has 0 amide bonds. The number of nitrogens with zero attached hydrogens (tertiary/aromatic N) is 1. The highest BCUT2D eigenvalue weighted by atomic mass is 35.5. The summed E-state index contributed by atoms with van der Waals surface area (Å²) in [6, 6.07) is 0. The number of carbonyl (C=O) groups excluding carboxylic acids is 1. The Morgan fingerprint density at radius 2 is 2.19 bits per heavy atom. The van der Waals surface area contributed by atoms with Crippen LogP contribution in [-0.4, -0.2) is 18.1 Å². The van der Waals surface area contributed by atoms with Crippen molar-refractivity contribution in [1.82, 2.24) is 4.98 Å². The molecule has 0 fully saturated rings. The molecule has 0 N–H and O–H groups in total. The van der Waals surface area contributed by atoms with Gasteiger partial charge in [-0.25, -0.2) is 4.79 Å². The van der Waals surface area contributed by atoms with Crippen LogP contribution in [-0.2, 0) is 4.74 Å². The summed E-state index contributed by atoms with van der Waals surface area (Å²) in [6.45, 7) is 4.10. The number of aromatic nitrogens is 1. The lowest BCUT2D eigenvalue weighted by molar-refractivity contribution is 0.0600. The number of esters is 1. The molecule has 86 valence electrons. The van der Waals surface area contributed by atoms with Crippen LogP contribution in [0.2, 0.25) is 5.02 Å². The summed E-state index contributed by atoms with van der Waals surface area (Å²) in [5.41, 5.74) is 1.03. The lowest BCUT2D eigenvalue weighted by Gasteiger charge is -2.05. The first-order valence-electron chi connectivity index (χ1n) is 4.96. The van der Waals surface area contributed by atoms with Crippen LogP contribution in [0.5, 0.6) is 0 Å². The highest BCUT2D eigenvalue weighted by Crippen LogP contribution is 2.21. The summed E-state index contributed by atoms with van der Waals surface area (Å²) in [5, 5.41) is 0.303. The van der Waals surface area contributed by atoms with E-state index < -0.39 is 5.97 Å². The maximum absolute atomic E-state index is 11.5. The van der Waals surface area contributed by atoms with E-state index in [9.17, 15) is 4.79 Å². The Morgan fingerprint density at radius 3 is 2.75 bits per heavy atom. The summed E-state index contributed by atoms with van der Waals surface area (Å²) < 4.78 is 4.68. The SMILES string of the molecule is COC(=O)c1c(Cl)cncc1/C=C/C(C)C. The van der Waals surface area contributed by atoms with Gasteiger partial charge in [-0.2, -0.15) is 0 Å². The predicted molar refractivity (Wildman–Crippen MR) is 64.5 cm³/mol. The quantitative estimate of drug-likeness (QED) is 0.761. The molecular formula is C12H14ClNO2. The molecule has 0 bridgehead atoms. The fourth-order valence-corrected chi connectivity index (χ4v) is 1.43. The summed E-state index contributed by atoms with van der Waals surface area (Å²) >= 11 is 5.92. The lowest BCUT2D eigenvalue weighted by Crippen LogP contribution is -2.05. The number of hydrogen-bond acceptors (Lipinski definition) is 3. The van der Waals surface area contributed by atoms with Crippen molar-refractivity contribution < 1.29 is 9.53 Å². The van der Waals surface area contributed by atoms with E-state index >= 15 is 0 Å². The number of allylic oxidation sites excluding steroid dienone is 1. The fraction of sp³-hybridized carbons (Fsp3) is 0.333. The van der Waals surface area contributed by atoms with Gasteiger partial charge in [0.2, 0.25) is 0 Å². The Bertz CT molecular complexity index is 413. The van der Waals surface area contributed by atoms with Crippen LogP contribution in [0.3, 0.4) is 0 Å². The lowest BCUT2D eigenvalue weighted by atomic mass is 10.1. The Labute approximate surface area is 100 Å². The number of carbonyl (C=O) groups is 1. The monoisotopic (exact) mass is 239 g/mol. The molecule has 1 heterocycles. The largest absolute Gasteiger partial charge is 0.465 e. The second-order valence-electron chi connectivity index (χ2n) is 3.68. The van der Waals surface area contributed by atoms with Crippen molar-refractivity contribution in [2.75, 3.05) is 7.11 Å². The van der Waals surface area contributed by atoms with Crippen molar-refractivity contribution in [3.05, 3.63) is 34.6 Å². The molecular weight excluding hydrogens is 226 g/mol. The number of halogens is 1. The maximum Gasteiger partial charge on any atom is 0.340 e. The molecule has 0 radical (unpaired) electrons. The van der Waals surface area contributed by atoms with Crippen LogP contribution in [0.4, 0.5) is 0 Å². The van der Waals surface area contributed by atoms with Gasteiger partial charge in [0.15, 0.2) is 0 Å². The van der Waals surface area contributed by atoms with E-state index in [-0.39, 0.29) is 0 Å². The first-order valence-corrected chi connectivity index (χ1v) is 5.34. The van der Waals surface area contributed by atoms with Crippen molar-refractivity contribution in [3.63, 3.8) is 0 Å². The van der Waals surface area contributed by atoms with Crippen LogP contribution in [0.25, 0.3) is 6.08 Å². The minimum Gasteiger partial charge on any atom is -0.465 e. The third-order valence-corrected chi connectivity index (χ3v) is 2.27. The maximum atomic E-state index is 11.5. The standard InChI is InChI=1S/C12H14ClNO2/c1-8(2)4-5-9-6-14-7-10(13)11(9)12(15)16-3/h4-8H,1-3H3/b5-4+. The minimum absolute atomic E-state index is 0.303. The van der Waals surface area contributed by atoms with E-state index in [1.807, 2.05) is 26.0 Å². The number of rotatable bonds is 3. The zero-order chi connectivity index (χ0) is 12.1. The molecule has 0 aliphatic carbocycles. The Hall–Kier alpha value is -1.35. The normalized spacial score (nSPS) is 11.1. The van der Waals surface area contributed by atoms with Gasteiger partial charge in [0.1, 0.15) is 0 Å². The molecule has 1 aromatic rings. The van der Waals surface area contributed by atoms with E-state index in [2.05, 4.69) is 9.72 Å². The van der Waals surface area contributed by atoms with Crippen molar-refractivity contribution in [2.45, 2.75) is 13.8 Å². The van der Waals surface area contributed by atoms with E-state index in [1.165, 1.54) is 13.3 Å². The molecule has 0 aliphatic heterocycles. The second kappa shape index (κ2) is 5.66. The summed E-state index contributed by atoms with van der Waals surface area (Å²) in [4.78, 5) is 15.5. The van der Waals surface area contributed by atoms with Crippen LogP contribution >= 0.6 is 11.6 Å². The molecule has 0 unspecified atom stereocenters. The third-order valence-electron chi connectivity index (χ3n) is 1.98. The highest BCUT2D eigenvalue weighted by molar-refractivity contribution is 6.33. The van der Waals surface area contributed by atoms with Crippen molar-refractivity contribution in [1.29, 1.82) is 0 Å². The van der Waals surface area contributed by atoms with Gasteiger partial charge in [-0.1, -0.05) is 37.6 Å². The van der Waals surface area contributed by atoms with Gasteiger partial charge in [0, 0.05) is 18.0 Å². The number of pyridine rings is 1. The van der Waals surface area contributed by atoms with Gasteiger partial charge in [-0.05, 0) is 5.92 Å². The molecule has 4 heteroatoms. The first kappa shape index (κ1) is 12.7. The van der Waals surface area contributed by atoms with Crippen LogP contribution in [0.15, 0.2) is 18.5 Å². The second-order valence-corrected chi connectivity index (χ2v) is 4.09. The Morgan fingerprint density at radius 1 is 1.50 bits per heavy atom. The zero-order valence-electron chi connectivity index (χ0n) is 9.53. The van der Waals surface area contributed by atoms with Crippen molar-refractivity contribution in [2.24, 2.45) is 5.92 Å². The predicted octanol–water partition coefficient (Wildman–Crippen LogP) is 3.19. The van der Waals surface area contributed by atoms with Crippen LogP contribution in [0.1, 0.15) is 29.8 Å². The molecule has 0 saturated heterocycles. The van der Waals surface area contributed by atoms with E-state index in [4.69, 9.17) is 11.6 Å². The van der Waals surface area contributed by atoms with Gasteiger partial charge in [-0.15, -0.1) is 0 Å². The smallest absolute Gasteiger partial charge is 0.340 e. The molecule has 1 rings (SSSR count). The average molecular weight is 240 g/mol. The molecule has 3 nitrogen and oxygen atoms in total. The van der Waals surface area contributed by atoms with Gasteiger partial charge >= 0.3 is 5.97 Å². The van der Waals surface area contributed by atoms with E-state index in [1.54, 1.807) is 6.20 Å². The molecule has 16 heavy (non-hydrogen) atoms. The Kier molecular flexibility index (Phi) is 4.50. The van der Waals surface area contributed by atoms with Gasteiger partial charge in [0.25, 0.3) is 0 Å². The first-order chi connectivity index (χ1) is 7.56. The minimum atomic E-state index is -0.448. The van der Waals surface area contributed by atoms with Crippen LogP contribution in [0, 0.1) is 5.92 Å². The third kappa shape index (κ3) is 3.07. The topological polar surface area (TPSA) is 39.2 Å². The Balaban J connectivity index is 3.18. The fourth-order valence-electron chi connectivity index (χ4n) is 1.19. The molecule has 1 aromatic heterocycles. The molecule has 0 aliphatic rings. The average Bonchev–Trinajstić information content (AvgIpc) is 2.25. The number of methoxy groups -OCH3 is 1. The summed E-state index contributed by atoms with van der Waals surface area (Å²) in [6.07, 6.45) is 6.83. The molecule has 0 aromatic carbocycles. The zero-order valence-corrected chi connectivity index (χ0v) is 10.3. The van der Waals surface area contributed by atoms with Crippen molar-refractivity contribution in [3.8, 4) is 0 Å². The molecule has 0 atom stereocenters. The van der Waals surface area contributed by atoms with Gasteiger partial charge in [-0.3, -0.25) is 4.98 Å². The van der Waals surface area contributed by atoms with Crippen LogP contribution < -0.4 is 0 Å².